The number of likely N-dealkylation sites (N-methyl/N-ethyl adjacent to an activating group) is 1. The average Bonchev–Trinajstić information content (AvgIpc) is 3.12. The molecule has 3 rings (SSSR count). The first-order valence-electron chi connectivity index (χ1n) is 9.76. The van der Waals surface area contributed by atoms with E-state index in [2.05, 4.69) is 27.1 Å². The van der Waals surface area contributed by atoms with Gasteiger partial charge in [-0.15, -0.1) is 0 Å². The maximum Gasteiger partial charge on any atom is 0.257 e. The van der Waals surface area contributed by atoms with Gasteiger partial charge in [-0.3, -0.25) is 4.68 Å². The van der Waals surface area contributed by atoms with Crippen LogP contribution >= 0.6 is 0 Å². The molecular formula is C20H28F3N5. The largest absolute Gasteiger partial charge is 0.369 e. The zero-order valence-corrected chi connectivity index (χ0v) is 16.4. The molecule has 2 aromatic rings. The molecule has 0 radical (unpaired) electrons. The van der Waals surface area contributed by atoms with E-state index in [4.69, 9.17) is 0 Å². The lowest BCUT2D eigenvalue weighted by atomic mass is 10.0. The summed E-state index contributed by atoms with van der Waals surface area (Å²) in [5.41, 5.74) is 2.78. The molecule has 1 aliphatic rings. The normalized spacial score (nSPS) is 16.7. The predicted molar refractivity (Wildman–Crippen MR) is 104 cm³/mol. The summed E-state index contributed by atoms with van der Waals surface area (Å²) in [6.45, 7) is 9.09. The van der Waals surface area contributed by atoms with Crippen molar-refractivity contribution in [3.63, 3.8) is 0 Å². The van der Waals surface area contributed by atoms with Crippen LogP contribution in [-0.4, -0.2) is 53.8 Å². The van der Waals surface area contributed by atoms with Gasteiger partial charge in [-0.25, -0.2) is 13.2 Å². The standard InChI is InChI=1S/C20H28F3N5/c1-3-26-6-8-27(9-7-26)19-5-4-17(21)10-18(19)15(2)24-11-16-12-25-28(13-16)14-20(22)23/h4-5,10,12-13,15,20,24H,3,6-9,11,14H2,1-2H3. The van der Waals surface area contributed by atoms with Crippen molar-refractivity contribution >= 4 is 5.69 Å². The third-order valence-corrected chi connectivity index (χ3v) is 5.24. The molecule has 0 amide bonds. The number of nitrogens with one attached hydrogen (secondary N) is 1. The van der Waals surface area contributed by atoms with E-state index in [1.54, 1.807) is 18.5 Å². The summed E-state index contributed by atoms with van der Waals surface area (Å²) in [5, 5.41) is 7.32. The highest BCUT2D eigenvalue weighted by atomic mass is 19.3. The number of hydrogen-bond acceptors (Lipinski definition) is 4. The van der Waals surface area contributed by atoms with Crippen molar-refractivity contribution in [1.82, 2.24) is 20.0 Å². The molecule has 8 heteroatoms. The minimum atomic E-state index is -2.43. The number of alkyl halides is 2. The number of halogens is 3. The first-order valence-corrected chi connectivity index (χ1v) is 9.76. The highest BCUT2D eigenvalue weighted by Gasteiger charge is 2.21. The van der Waals surface area contributed by atoms with Crippen LogP contribution in [0.15, 0.2) is 30.6 Å². The topological polar surface area (TPSA) is 36.3 Å². The van der Waals surface area contributed by atoms with Crippen LogP contribution in [0.25, 0.3) is 0 Å². The summed E-state index contributed by atoms with van der Waals surface area (Å²) in [6.07, 6.45) is 0.767. The summed E-state index contributed by atoms with van der Waals surface area (Å²) < 4.78 is 40.1. The van der Waals surface area contributed by atoms with Crippen LogP contribution in [0.5, 0.6) is 0 Å². The average molecular weight is 395 g/mol. The number of nitrogens with zero attached hydrogens (tertiary/aromatic N) is 4. The van der Waals surface area contributed by atoms with Crippen molar-refractivity contribution in [3.05, 3.63) is 47.5 Å². The Morgan fingerprint density at radius 3 is 2.61 bits per heavy atom. The molecular weight excluding hydrogens is 367 g/mol. The number of aromatic nitrogens is 2. The molecule has 154 valence electrons. The molecule has 1 aromatic heterocycles. The zero-order chi connectivity index (χ0) is 20.1. The van der Waals surface area contributed by atoms with Crippen molar-refractivity contribution in [1.29, 1.82) is 0 Å². The molecule has 1 unspecified atom stereocenters. The first kappa shape index (κ1) is 20.7. The molecule has 1 aliphatic heterocycles. The zero-order valence-electron chi connectivity index (χ0n) is 16.4. The summed E-state index contributed by atoms with van der Waals surface area (Å²) in [6, 6.07) is 4.85. The quantitative estimate of drug-likeness (QED) is 0.744. The number of hydrogen-bond donors (Lipinski definition) is 1. The molecule has 28 heavy (non-hydrogen) atoms. The Balaban J connectivity index is 1.66. The molecule has 1 fully saturated rings. The number of rotatable bonds is 8. The summed E-state index contributed by atoms with van der Waals surface area (Å²) in [7, 11) is 0. The number of anilines is 1. The minimum Gasteiger partial charge on any atom is -0.369 e. The third kappa shape index (κ3) is 5.26. The Morgan fingerprint density at radius 1 is 1.18 bits per heavy atom. The lowest BCUT2D eigenvalue weighted by Gasteiger charge is -2.37. The molecule has 1 atom stereocenters. The van der Waals surface area contributed by atoms with Crippen molar-refractivity contribution in [2.24, 2.45) is 0 Å². The maximum atomic E-state index is 13.9. The van der Waals surface area contributed by atoms with Crippen LogP contribution < -0.4 is 10.2 Å². The van der Waals surface area contributed by atoms with Crippen LogP contribution in [0, 0.1) is 5.82 Å². The van der Waals surface area contributed by atoms with Crippen molar-refractivity contribution in [2.45, 2.75) is 39.4 Å². The van der Waals surface area contributed by atoms with Gasteiger partial charge in [0, 0.05) is 56.2 Å². The Hall–Kier alpha value is -2.06. The molecule has 2 heterocycles. The van der Waals surface area contributed by atoms with E-state index in [0.29, 0.717) is 6.54 Å². The van der Waals surface area contributed by atoms with Crippen LogP contribution in [0.3, 0.4) is 0 Å². The fourth-order valence-electron chi connectivity index (χ4n) is 3.59. The van der Waals surface area contributed by atoms with E-state index < -0.39 is 13.0 Å². The Bertz CT molecular complexity index is 756. The van der Waals surface area contributed by atoms with E-state index >= 15 is 0 Å². The molecule has 0 aliphatic carbocycles. The Morgan fingerprint density at radius 2 is 1.93 bits per heavy atom. The van der Waals surface area contributed by atoms with E-state index in [-0.39, 0.29) is 11.9 Å². The van der Waals surface area contributed by atoms with Gasteiger partial charge in [0.2, 0.25) is 0 Å². The second kappa shape index (κ2) is 9.43. The highest BCUT2D eigenvalue weighted by Crippen LogP contribution is 2.28. The van der Waals surface area contributed by atoms with Gasteiger partial charge in [0.1, 0.15) is 12.4 Å². The second-order valence-electron chi connectivity index (χ2n) is 7.19. The fourth-order valence-corrected chi connectivity index (χ4v) is 3.59. The van der Waals surface area contributed by atoms with Crippen molar-refractivity contribution in [3.8, 4) is 0 Å². The number of piperazine rings is 1. The lowest BCUT2D eigenvalue weighted by Crippen LogP contribution is -2.46. The van der Waals surface area contributed by atoms with Gasteiger partial charge in [0.15, 0.2) is 0 Å². The van der Waals surface area contributed by atoms with Crippen LogP contribution in [-0.2, 0) is 13.1 Å². The lowest BCUT2D eigenvalue weighted by molar-refractivity contribution is 0.122. The highest BCUT2D eigenvalue weighted by molar-refractivity contribution is 5.55. The molecule has 1 aromatic carbocycles. The number of benzene rings is 1. The SMILES string of the molecule is CCN1CCN(c2ccc(F)cc2C(C)NCc2cnn(CC(F)F)c2)CC1. The van der Waals surface area contributed by atoms with Crippen LogP contribution in [0.1, 0.15) is 31.0 Å². The molecule has 1 N–H and O–H groups in total. The van der Waals surface area contributed by atoms with E-state index in [9.17, 15) is 13.2 Å². The molecule has 1 saturated heterocycles. The van der Waals surface area contributed by atoms with Crippen LogP contribution in [0.4, 0.5) is 18.9 Å². The van der Waals surface area contributed by atoms with E-state index in [1.807, 2.05) is 13.0 Å². The van der Waals surface area contributed by atoms with Gasteiger partial charge >= 0.3 is 0 Å². The van der Waals surface area contributed by atoms with E-state index in [1.165, 1.54) is 10.7 Å². The van der Waals surface area contributed by atoms with Crippen molar-refractivity contribution in [2.75, 3.05) is 37.6 Å². The van der Waals surface area contributed by atoms with Gasteiger partial charge in [-0.2, -0.15) is 5.10 Å². The minimum absolute atomic E-state index is 0.0895. The maximum absolute atomic E-state index is 13.9. The monoisotopic (exact) mass is 395 g/mol. The summed E-state index contributed by atoms with van der Waals surface area (Å²) in [4.78, 5) is 4.71. The molecule has 0 spiro atoms. The summed E-state index contributed by atoms with van der Waals surface area (Å²) in [5.74, 6) is -0.260. The first-order chi connectivity index (χ1) is 13.5. The van der Waals surface area contributed by atoms with Gasteiger partial charge in [0.25, 0.3) is 6.43 Å². The Labute approximate surface area is 164 Å². The van der Waals surface area contributed by atoms with Gasteiger partial charge in [0.05, 0.1) is 6.20 Å². The Kier molecular flexibility index (Phi) is 6.96. The van der Waals surface area contributed by atoms with E-state index in [0.717, 1.165) is 49.5 Å². The molecule has 0 saturated carbocycles. The van der Waals surface area contributed by atoms with Gasteiger partial charge < -0.3 is 15.1 Å². The predicted octanol–water partition coefficient (Wildman–Crippen LogP) is 3.28. The molecule has 5 nitrogen and oxygen atoms in total. The summed E-state index contributed by atoms with van der Waals surface area (Å²) >= 11 is 0. The third-order valence-electron chi connectivity index (χ3n) is 5.24. The fraction of sp³-hybridized carbons (Fsp3) is 0.550. The second-order valence-corrected chi connectivity index (χ2v) is 7.19. The molecule has 0 bridgehead atoms. The van der Waals surface area contributed by atoms with Gasteiger partial charge in [-0.1, -0.05) is 6.92 Å². The van der Waals surface area contributed by atoms with Crippen LogP contribution in [0.2, 0.25) is 0 Å². The van der Waals surface area contributed by atoms with Crippen molar-refractivity contribution < 1.29 is 13.2 Å². The smallest absolute Gasteiger partial charge is 0.257 e. The van der Waals surface area contributed by atoms with Gasteiger partial charge in [-0.05, 0) is 37.2 Å².